The van der Waals surface area contributed by atoms with Crippen molar-refractivity contribution in [2.24, 2.45) is 11.8 Å². The molecule has 3 aromatic rings. The fraction of sp³-hybridized carbons (Fsp3) is 0.766. The van der Waals surface area contributed by atoms with Crippen molar-refractivity contribution in [3.05, 3.63) is 84.9 Å². The minimum atomic E-state index is -4.60. The van der Waals surface area contributed by atoms with E-state index in [1.807, 2.05) is 95.4 Å². The lowest BCUT2D eigenvalue weighted by atomic mass is 9.94. The van der Waals surface area contributed by atoms with E-state index in [0.29, 0.717) is 77.0 Å². The first-order valence-corrected chi connectivity index (χ1v) is 41.0. The molecule has 0 aliphatic rings. The molecule has 0 fully saturated rings. The van der Waals surface area contributed by atoms with Crippen LogP contribution >= 0.6 is 15.6 Å². The standard InChI is InChI=1S/C41H68NO8P.C36H66NO8P/c1-3-5-7-9-11-12-14-17-24-37(23-16-13-10-8-6-4-2)34-47-35-40(48-31-21-20-28-41(43)44)36-50-51(45,46)49-32-30-42-29-22-27-39(33-42)38-25-18-15-19-26-38;1-4-6-8-10-12-13-15-17-23-34(22-16-14-11-9-7-5-2)30-42-31-35(43-27-19-18-24-36(38)39)32-45-46(40,41)44-28-26-37-25-20-21-33(3)29-37/h15,18-19,22,25-27,29,33,37,40H,3-14,16-17,20-21,23-24,28,30-32,34-36H2,1-2H3,(H-,43,44,45,46);20-21,25,29,34-35H,4-19,22-24,26-28,30-32H2,1-3H3,(H-,38,39,40,41). The van der Waals surface area contributed by atoms with Gasteiger partial charge in [0.15, 0.2) is 37.9 Å². The Labute approximate surface area is 587 Å². The van der Waals surface area contributed by atoms with Crippen LogP contribution in [0.5, 0.6) is 0 Å². The van der Waals surface area contributed by atoms with Crippen LogP contribution in [0.2, 0.25) is 0 Å². The first kappa shape index (κ1) is 89.6. The second-order valence-electron chi connectivity index (χ2n) is 26.6. The Bertz CT molecular complexity index is 2430. The van der Waals surface area contributed by atoms with Gasteiger partial charge in [0.05, 0.1) is 26.4 Å². The van der Waals surface area contributed by atoms with Gasteiger partial charge in [-0.15, -0.1) is 0 Å². The van der Waals surface area contributed by atoms with Crippen LogP contribution in [-0.4, -0.2) is 100 Å². The number of nitrogens with zero attached hydrogens (tertiary/aromatic N) is 2. The topological polar surface area (TPSA) is 236 Å². The number of carboxylic acid groups (broad SMARTS) is 2. The van der Waals surface area contributed by atoms with Gasteiger partial charge in [-0.1, -0.05) is 238 Å². The van der Waals surface area contributed by atoms with Crippen molar-refractivity contribution in [1.29, 1.82) is 0 Å². The van der Waals surface area contributed by atoms with Gasteiger partial charge < -0.3 is 57.0 Å². The van der Waals surface area contributed by atoms with Crippen LogP contribution in [0.15, 0.2) is 79.4 Å². The summed E-state index contributed by atoms with van der Waals surface area (Å²) >= 11 is 0. The summed E-state index contributed by atoms with van der Waals surface area (Å²) in [6, 6.07) is 17.8. The molecule has 6 unspecified atom stereocenters. The van der Waals surface area contributed by atoms with Crippen LogP contribution in [0, 0.1) is 18.8 Å². The zero-order chi connectivity index (χ0) is 70.6. The molecule has 0 saturated heterocycles. The third-order valence-electron chi connectivity index (χ3n) is 17.5. The minimum Gasteiger partial charge on any atom is -0.756 e. The average Bonchev–Trinajstić information content (AvgIpc) is 1.26. The molecule has 0 spiro atoms. The van der Waals surface area contributed by atoms with Gasteiger partial charge in [0.25, 0.3) is 15.6 Å². The molecule has 2 heterocycles. The largest absolute Gasteiger partial charge is 0.756 e. The van der Waals surface area contributed by atoms with Gasteiger partial charge >= 0.3 is 11.9 Å². The lowest BCUT2D eigenvalue weighted by molar-refractivity contribution is -0.698. The van der Waals surface area contributed by atoms with Crippen LogP contribution in [-0.2, 0) is 68.9 Å². The number of aliphatic carboxylic acids is 2. The lowest BCUT2D eigenvalue weighted by Crippen LogP contribution is -2.35. The summed E-state index contributed by atoms with van der Waals surface area (Å²) in [6.07, 6.45) is 49.1. The van der Waals surface area contributed by atoms with E-state index in [2.05, 4.69) is 27.7 Å². The minimum absolute atomic E-state index is 0.0367. The van der Waals surface area contributed by atoms with Crippen LogP contribution < -0.4 is 18.9 Å². The summed E-state index contributed by atoms with van der Waals surface area (Å²) in [5, 5.41) is 17.9. The van der Waals surface area contributed by atoms with Gasteiger partial charge in [0.1, 0.15) is 25.4 Å². The van der Waals surface area contributed by atoms with Crippen LogP contribution in [0.4, 0.5) is 0 Å². The highest BCUT2D eigenvalue weighted by atomic mass is 31.2. The molecule has 6 atom stereocenters. The lowest BCUT2D eigenvalue weighted by Gasteiger charge is -2.26. The molecule has 0 aliphatic carbocycles. The predicted molar refractivity (Wildman–Crippen MR) is 384 cm³/mol. The van der Waals surface area contributed by atoms with E-state index in [0.717, 1.165) is 42.4 Å². The van der Waals surface area contributed by atoms with E-state index < -0.39 is 39.8 Å². The molecule has 18 nitrogen and oxygen atoms in total. The summed E-state index contributed by atoms with van der Waals surface area (Å²) in [5.41, 5.74) is 3.16. The molecular weight excluding hydrogens is 1270 g/mol. The number of unbranched alkanes of at least 4 members (excludes halogenated alkanes) is 26. The molecule has 0 bridgehead atoms. The molecule has 0 amide bonds. The Morgan fingerprint density at radius 1 is 0.402 bits per heavy atom. The summed E-state index contributed by atoms with van der Waals surface area (Å²) in [5.74, 6) is -0.762. The number of benzene rings is 1. The number of phosphoric ester groups is 2. The van der Waals surface area contributed by atoms with Crippen molar-refractivity contribution in [3.8, 4) is 11.1 Å². The molecular formula is C77H134N2O16P2. The van der Waals surface area contributed by atoms with Gasteiger partial charge in [-0.3, -0.25) is 18.7 Å². The molecule has 1 aromatic carbocycles. The van der Waals surface area contributed by atoms with Crippen molar-refractivity contribution in [3.63, 3.8) is 0 Å². The van der Waals surface area contributed by atoms with E-state index in [1.54, 1.807) is 0 Å². The van der Waals surface area contributed by atoms with Gasteiger partial charge in [0, 0.05) is 62.5 Å². The third-order valence-corrected chi connectivity index (χ3v) is 19.4. The fourth-order valence-corrected chi connectivity index (χ4v) is 13.1. The Hall–Kier alpha value is -3.48. The Kier molecular flexibility index (Phi) is 56.5. The summed E-state index contributed by atoms with van der Waals surface area (Å²) in [7, 11) is -9.14. The highest BCUT2D eigenvalue weighted by molar-refractivity contribution is 7.46. The number of hydrogen-bond acceptors (Lipinski definition) is 14. The zero-order valence-corrected chi connectivity index (χ0v) is 62.9. The van der Waals surface area contributed by atoms with Gasteiger partial charge in [-0.05, 0) is 87.8 Å². The zero-order valence-electron chi connectivity index (χ0n) is 61.1. The number of aromatic nitrogens is 2. The molecule has 0 radical (unpaired) electrons. The molecule has 2 aromatic heterocycles. The molecule has 3 rings (SSSR count). The Morgan fingerprint density at radius 3 is 1.12 bits per heavy atom. The molecule has 558 valence electrons. The molecule has 97 heavy (non-hydrogen) atoms. The molecule has 2 N–H and O–H groups in total. The highest BCUT2D eigenvalue weighted by Gasteiger charge is 2.21. The van der Waals surface area contributed by atoms with E-state index >= 15 is 0 Å². The summed E-state index contributed by atoms with van der Waals surface area (Å²) in [4.78, 5) is 47.0. The SMILES string of the molecule is CCCCCCCCCCC(CCCCCCCC)COCC(COP(=O)([O-])OCC[n+]1cccc(-c2ccccc2)c1)OCCCCC(=O)O.CCCCCCCCCCC(CCCCCCCC)COCC(COP(=O)([O-])OCC[n+]1cccc(C)c1)OCCCCC(=O)O. The van der Waals surface area contributed by atoms with Crippen molar-refractivity contribution >= 4 is 27.6 Å². The van der Waals surface area contributed by atoms with Crippen LogP contribution in [0.3, 0.4) is 0 Å². The van der Waals surface area contributed by atoms with E-state index in [4.69, 9.17) is 47.3 Å². The second kappa shape index (κ2) is 61.2. The number of pyridine rings is 2. The quantitative estimate of drug-likeness (QED) is 0.0303. The fourth-order valence-electron chi connectivity index (χ4n) is 11.7. The van der Waals surface area contributed by atoms with Crippen molar-refractivity contribution < 1.29 is 84.9 Å². The van der Waals surface area contributed by atoms with E-state index in [-0.39, 0.29) is 52.5 Å². The van der Waals surface area contributed by atoms with Crippen molar-refractivity contribution in [1.82, 2.24) is 0 Å². The van der Waals surface area contributed by atoms with Crippen LogP contribution in [0.25, 0.3) is 11.1 Å². The van der Waals surface area contributed by atoms with Crippen LogP contribution in [0.1, 0.15) is 277 Å². The number of hydrogen-bond donors (Lipinski definition) is 2. The normalized spacial score (nSPS) is 14.1. The first-order valence-electron chi connectivity index (χ1n) is 38.1. The summed E-state index contributed by atoms with van der Waals surface area (Å²) in [6.45, 7) is 13.4. The highest BCUT2D eigenvalue weighted by Crippen LogP contribution is 2.39. The number of carbonyl (C=O) groups is 2. The first-order chi connectivity index (χ1) is 47.1. The van der Waals surface area contributed by atoms with Crippen molar-refractivity contribution in [2.45, 2.75) is 304 Å². The Morgan fingerprint density at radius 2 is 0.753 bits per heavy atom. The predicted octanol–water partition coefficient (Wildman–Crippen LogP) is 18.0. The average molecular weight is 1410 g/mol. The second-order valence-corrected chi connectivity index (χ2v) is 29.4. The van der Waals surface area contributed by atoms with E-state index in [1.165, 1.54) is 180 Å². The maximum absolute atomic E-state index is 12.7. The third kappa shape index (κ3) is 54.0. The summed E-state index contributed by atoms with van der Waals surface area (Å²) < 4.78 is 74.0. The Balaban J connectivity index is 0.000000664. The van der Waals surface area contributed by atoms with Gasteiger partial charge in [-0.2, -0.15) is 0 Å². The maximum atomic E-state index is 12.7. The molecule has 0 saturated carbocycles. The van der Waals surface area contributed by atoms with Gasteiger partial charge in [-0.25, -0.2) is 9.13 Å². The van der Waals surface area contributed by atoms with E-state index in [9.17, 15) is 28.5 Å². The monoisotopic (exact) mass is 1400 g/mol. The number of carboxylic acids is 2. The number of aryl methyl sites for hydroxylation is 1. The van der Waals surface area contributed by atoms with Crippen molar-refractivity contribution in [2.75, 3.05) is 66.1 Å². The number of phosphoric acid groups is 2. The number of rotatable bonds is 67. The smallest absolute Gasteiger partial charge is 0.303 e. The van der Waals surface area contributed by atoms with Gasteiger partial charge in [0.2, 0.25) is 0 Å². The molecule has 20 heteroatoms. The molecule has 0 aliphatic heterocycles. The maximum Gasteiger partial charge on any atom is 0.303 e. The number of ether oxygens (including phenoxy) is 4.